The molecule has 3 nitrogen and oxygen atoms in total. The van der Waals surface area contributed by atoms with Crippen LogP contribution in [0.15, 0.2) is 42.5 Å². The van der Waals surface area contributed by atoms with Gasteiger partial charge in [-0.2, -0.15) is 0 Å². The third-order valence-corrected chi connectivity index (χ3v) is 3.34. The Morgan fingerprint density at radius 3 is 2.56 bits per heavy atom. The number of rotatable bonds is 3. The Kier molecular flexibility index (Phi) is 3.22. The highest BCUT2D eigenvalue weighted by Crippen LogP contribution is 2.27. The number of nitrogens with zero attached hydrogens (tertiary/aromatic N) is 1. The molecule has 1 atom stereocenters. The Hall–Kier alpha value is -1.39. The van der Waals surface area contributed by atoms with Crippen LogP contribution in [0.4, 0.5) is 5.69 Å². The van der Waals surface area contributed by atoms with Gasteiger partial charge >= 0.3 is 0 Å². The summed E-state index contributed by atoms with van der Waals surface area (Å²) in [5.74, 6) is 0. The lowest BCUT2D eigenvalue weighted by atomic mass is 10.1. The van der Waals surface area contributed by atoms with Crippen molar-refractivity contribution in [3.63, 3.8) is 0 Å². The van der Waals surface area contributed by atoms with Gasteiger partial charge in [0, 0.05) is 11.9 Å². The van der Waals surface area contributed by atoms with E-state index in [0.717, 1.165) is 16.5 Å². The predicted molar refractivity (Wildman–Crippen MR) is 67.7 cm³/mol. The van der Waals surface area contributed by atoms with Gasteiger partial charge in [-0.3, -0.25) is 8.86 Å². The quantitative estimate of drug-likeness (QED) is 0.831. The first-order chi connectivity index (χ1) is 7.74. The van der Waals surface area contributed by atoms with Crippen molar-refractivity contribution >= 4 is 27.7 Å². The van der Waals surface area contributed by atoms with E-state index >= 15 is 0 Å². The lowest BCUT2D eigenvalue weighted by Gasteiger charge is -2.19. The summed E-state index contributed by atoms with van der Waals surface area (Å²) in [7, 11) is 0. The first kappa shape index (κ1) is 11.1. The molecule has 0 bridgehead atoms. The van der Waals surface area contributed by atoms with Crippen LogP contribution in [0.3, 0.4) is 0 Å². The van der Waals surface area contributed by atoms with Gasteiger partial charge in [-0.1, -0.05) is 36.4 Å². The summed E-state index contributed by atoms with van der Waals surface area (Å²) < 4.78 is 21.9. The van der Waals surface area contributed by atoms with Crippen LogP contribution >= 0.6 is 0 Å². The van der Waals surface area contributed by atoms with Crippen LogP contribution in [0, 0.1) is 0 Å². The second-order valence-corrected chi connectivity index (χ2v) is 4.33. The van der Waals surface area contributed by atoms with Gasteiger partial charge in [-0.05, 0) is 18.4 Å². The number of hydrogen-bond acceptors (Lipinski definition) is 1. The summed E-state index contributed by atoms with van der Waals surface area (Å²) >= 11 is -1.98. The molecule has 0 amide bonds. The van der Waals surface area contributed by atoms with E-state index in [1.54, 1.807) is 0 Å². The van der Waals surface area contributed by atoms with Crippen molar-refractivity contribution in [2.45, 2.75) is 6.92 Å². The van der Waals surface area contributed by atoms with E-state index in [0.29, 0.717) is 6.54 Å². The average molecular weight is 235 g/mol. The van der Waals surface area contributed by atoms with Crippen LogP contribution in [0.25, 0.3) is 10.8 Å². The Morgan fingerprint density at radius 2 is 1.88 bits per heavy atom. The number of benzene rings is 2. The minimum absolute atomic E-state index is 0.497. The molecule has 0 aliphatic heterocycles. The molecule has 0 aliphatic rings. The van der Waals surface area contributed by atoms with Crippen LogP contribution in [0.2, 0.25) is 0 Å². The van der Waals surface area contributed by atoms with E-state index in [9.17, 15) is 8.76 Å². The Morgan fingerprint density at radius 1 is 1.19 bits per heavy atom. The normalized spacial score (nSPS) is 12.6. The number of fused-ring (bicyclic) bond motifs is 1. The molecule has 0 radical (unpaired) electrons. The average Bonchev–Trinajstić information content (AvgIpc) is 2.30. The van der Waals surface area contributed by atoms with Crippen LogP contribution in [0.1, 0.15) is 6.92 Å². The SMILES string of the molecule is CCN(c1cccc2ccccc12)S(=O)O. The highest BCUT2D eigenvalue weighted by atomic mass is 32.2. The van der Waals surface area contributed by atoms with E-state index in [4.69, 9.17) is 0 Å². The van der Waals surface area contributed by atoms with Crippen molar-refractivity contribution in [2.24, 2.45) is 0 Å². The third-order valence-electron chi connectivity index (χ3n) is 2.51. The minimum Gasteiger partial charge on any atom is -0.289 e. The summed E-state index contributed by atoms with van der Waals surface area (Å²) in [6.45, 7) is 2.35. The summed E-state index contributed by atoms with van der Waals surface area (Å²) in [5.41, 5.74) is 0.793. The van der Waals surface area contributed by atoms with Gasteiger partial charge in [-0.25, -0.2) is 4.21 Å². The molecule has 2 aromatic carbocycles. The molecular weight excluding hydrogens is 222 g/mol. The Labute approximate surface area is 97.1 Å². The second kappa shape index (κ2) is 4.63. The molecule has 2 aromatic rings. The second-order valence-electron chi connectivity index (χ2n) is 3.42. The van der Waals surface area contributed by atoms with Gasteiger partial charge in [0.15, 0.2) is 0 Å². The Bertz CT molecular complexity index is 522. The fraction of sp³-hybridized carbons (Fsp3) is 0.167. The molecule has 0 aliphatic carbocycles. The van der Waals surface area contributed by atoms with Crippen molar-refractivity contribution in [3.05, 3.63) is 42.5 Å². The summed E-state index contributed by atoms with van der Waals surface area (Å²) in [4.78, 5) is 0. The van der Waals surface area contributed by atoms with Crippen LogP contribution in [-0.2, 0) is 11.3 Å². The summed E-state index contributed by atoms with van der Waals surface area (Å²) in [6.07, 6.45) is 0. The minimum atomic E-state index is -1.98. The highest BCUT2D eigenvalue weighted by Gasteiger charge is 2.12. The summed E-state index contributed by atoms with van der Waals surface area (Å²) in [5, 5.41) is 2.07. The Balaban J connectivity index is 2.63. The van der Waals surface area contributed by atoms with Crippen molar-refractivity contribution in [2.75, 3.05) is 10.8 Å². The molecule has 84 valence electrons. The molecular formula is C12H13NO2S. The monoisotopic (exact) mass is 235 g/mol. The molecule has 1 N–H and O–H groups in total. The maximum atomic E-state index is 11.2. The maximum absolute atomic E-state index is 11.2. The largest absolute Gasteiger partial charge is 0.289 e. The van der Waals surface area contributed by atoms with Gasteiger partial charge in [0.1, 0.15) is 0 Å². The topological polar surface area (TPSA) is 40.5 Å². The maximum Gasteiger partial charge on any atom is 0.261 e. The standard InChI is InChI=1S/C12H13NO2S/c1-2-13(16(14)15)12-9-5-7-10-6-3-4-8-11(10)12/h3-9H,2H2,1H3,(H,14,15). The number of hydrogen-bond donors (Lipinski definition) is 1. The van der Waals surface area contributed by atoms with Crippen LogP contribution in [0.5, 0.6) is 0 Å². The molecule has 0 aromatic heterocycles. The zero-order valence-corrected chi connectivity index (χ0v) is 9.78. The molecule has 16 heavy (non-hydrogen) atoms. The van der Waals surface area contributed by atoms with Crippen molar-refractivity contribution in [1.82, 2.24) is 0 Å². The first-order valence-electron chi connectivity index (χ1n) is 5.10. The number of anilines is 1. The van der Waals surface area contributed by atoms with Gasteiger partial charge in [0.05, 0.1) is 5.69 Å². The molecule has 0 heterocycles. The lowest BCUT2D eigenvalue weighted by molar-refractivity contribution is 0.560. The molecule has 0 spiro atoms. The molecule has 1 unspecified atom stereocenters. The fourth-order valence-electron chi connectivity index (χ4n) is 1.79. The van der Waals surface area contributed by atoms with Crippen LogP contribution in [-0.4, -0.2) is 15.3 Å². The van der Waals surface area contributed by atoms with Gasteiger partial charge in [0.2, 0.25) is 0 Å². The van der Waals surface area contributed by atoms with E-state index in [1.165, 1.54) is 4.31 Å². The highest BCUT2D eigenvalue weighted by molar-refractivity contribution is 7.80. The van der Waals surface area contributed by atoms with Crippen molar-refractivity contribution in [3.8, 4) is 0 Å². The fourth-order valence-corrected chi connectivity index (χ4v) is 2.34. The smallest absolute Gasteiger partial charge is 0.261 e. The van der Waals surface area contributed by atoms with Gasteiger partial charge in [0.25, 0.3) is 11.3 Å². The lowest BCUT2D eigenvalue weighted by Crippen LogP contribution is -2.24. The van der Waals surface area contributed by atoms with Crippen molar-refractivity contribution in [1.29, 1.82) is 0 Å². The van der Waals surface area contributed by atoms with Crippen LogP contribution < -0.4 is 4.31 Å². The van der Waals surface area contributed by atoms with E-state index in [-0.39, 0.29) is 0 Å². The molecule has 0 saturated heterocycles. The molecule has 2 rings (SSSR count). The third kappa shape index (κ3) is 1.94. The van der Waals surface area contributed by atoms with E-state index in [2.05, 4.69) is 0 Å². The molecule has 4 heteroatoms. The van der Waals surface area contributed by atoms with Crippen molar-refractivity contribution < 1.29 is 8.76 Å². The van der Waals surface area contributed by atoms with Gasteiger partial charge < -0.3 is 0 Å². The predicted octanol–water partition coefficient (Wildman–Crippen LogP) is 2.80. The summed E-state index contributed by atoms with van der Waals surface area (Å²) in [6, 6.07) is 13.6. The molecule has 0 saturated carbocycles. The first-order valence-corrected chi connectivity index (χ1v) is 6.16. The van der Waals surface area contributed by atoms with E-state index in [1.807, 2.05) is 49.4 Å². The van der Waals surface area contributed by atoms with Gasteiger partial charge in [-0.15, -0.1) is 0 Å². The zero-order chi connectivity index (χ0) is 11.5. The zero-order valence-electron chi connectivity index (χ0n) is 8.96. The van der Waals surface area contributed by atoms with E-state index < -0.39 is 11.3 Å². The molecule has 0 fully saturated rings.